The summed E-state index contributed by atoms with van der Waals surface area (Å²) in [6, 6.07) is 5.82. The Balaban J connectivity index is 1.85. The van der Waals surface area contributed by atoms with E-state index in [9.17, 15) is 17.6 Å². The van der Waals surface area contributed by atoms with Crippen molar-refractivity contribution in [3.05, 3.63) is 35.6 Å². The molecule has 140 valence electrons. The number of nitrogens with zero attached hydrogens (tertiary/aromatic N) is 1. The Morgan fingerprint density at radius 1 is 1.16 bits per heavy atom. The van der Waals surface area contributed by atoms with Gasteiger partial charge in [0.1, 0.15) is 5.82 Å². The molecule has 2 rings (SSSR count). The van der Waals surface area contributed by atoms with Gasteiger partial charge in [-0.15, -0.1) is 0 Å². The van der Waals surface area contributed by atoms with Gasteiger partial charge in [-0.05, 0) is 30.5 Å². The zero-order valence-corrected chi connectivity index (χ0v) is 15.5. The average molecular weight is 370 g/mol. The van der Waals surface area contributed by atoms with Crippen molar-refractivity contribution < 1.29 is 17.6 Å². The molecule has 1 aromatic rings. The van der Waals surface area contributed by atoms with Crippen molar-refractivity contribution in [1.82, 2.24) is 9.62 Å². The van der Waals surface area contributed by atoms with Crippen molar-refractivity contribution in [3.63, 3.8) is 0 Å². The number of hydrogen-bond acceptors (Lipinski definition) is 3. The van der Waals surface area contributed by atoms with E-state index >= 15 is 0 Å². The fraction of sp³-hybridized carbons (Fsp3) is 0.611. The standard InChI is InChI=1S/C18H27FN2O3S/c1-25(23,24)21(17-6-4-2-3-5-7-17)13-12-20-18(22)14-15-8-10-16(19)11-9-15/h8-11,17H,2-7,12-14H2,1H3,(H,20,22). The van der Waals surface area contributed by atoms with Crippen molar-refractivity contribution in [2.45, 2.75) is 51.0 Å². The number of hydrogen-bond donors (Lipinski definition) is 1. The van der Waals surface area contributed by atoms with Gasteiger partial charge in [-0.25, -0.2) is 12.8 Å². The Kier molecular flexibility index (Phi) is 7.38. The summed E-state index contributed by atoms with van der Waals surface area (Å²) in [5, 5.41) is 2.76. The molecule has 0 unspecified atom stereocenters. The summed E-state index contributed by atoms with van der Waals surface area (Å²) < 4.78 is 38.6. The van der Waals surface area contributed by atoms with Gasteiger partial charge in [0.2, 0.25) is 15.9 Å². The Morgan fingerprint density at radius 3 is 2.32 bits per heavy atom. The molecule has 0 spiro atoms. The molecule has 0 aromatic heterocycles. The van der Waals surface area contributed by atoms with E-state index in [0.29, 0.717) is 6.54 Å². The molecule has 1 amide bonds. The minimum atomic E-state index is -3.30. The number of sulfonamides is 1. The molecule has 1 fully saturated rings. The van der Waals surface area contributed by atoms with Crippen LogP contribution in [0, 0.1) is 5.82 Å². The lowest BCUT2D eigenvalue weighted by molar-refractivity contribution is -0.120. The van der Waals surface area contributed by atoms with Crippen LogP contribution in [0.4, 0.5) is 4.39 Å². The van der Waals surface area contributed by atoms with Crippen molar-refractivity contribution in [1.29, 1.82) is 0 Å². The minimum absolute atomic E-state index is 0.0338. The molecule has 25 heavy (non-hydrogen) atoms. The van der Waals surface area contributed by atoms with E-state index < -0.39 is 10.0 Å². The van der Waals surface area contributed by atoms with Gasteiger partial charge in [0.05, 0.1) is 12.7 Å². The van der Waals surface area contributed by atoms with Crippen LogP contribution in [0.15, 0.2) is 24.3 Å². The van der Waals surface area contributed by atoms with E-state index in [1.54, 1.807) is 12.1 Å². The van der Waals surface area contributed by atoms with Crippen molar-refractivity contribution in [3.8, 4) is 0 Å². The number of nitrogens with one attached hydrogen (secondary N) is 1. The van der Waals surface area contributed by atoms with Gasteiger partial charge >= 0.3 is 0 Å². The third-order valence-corrected chi connectivity index (χ3v) is 5.92. The van der Waals surface area contributed by atoms with Gasteiger partial charge in [-0.3, -0.25) is 4.79 Å². The van der Waals surface area contributed by atoms with Crippen LogP contribution in [0.25, 0.3) is 0 Å². The molecular weight excluding hydrogens is 343 g/mol. The maximum Gasteiger partial charge on any atom is 0.224 e. The monoisotopic (exact) mass is 370 g/mol. The first kappa shape index (κ1) is 19.8. The molecule has 1 aliphatic carbocycles. The predicted molar refractivity (Wildman–Crippen MR) is 96.2 cm³/mol. The molecular formula is C18H27FN2O3S. The van der Waals surface area contributed by atoms with Crippen LogP contribution in [0.1, 0.15) is 44.1 Å². The SMILES string of the molecule is CS(=O)(=O)N(CCNC(=O)Cc1ccc(F)cc1)C1CCCCCC1. The summed E-state index contributed by atoms with van der Waals surface area (Å²) in [5.74, 6) is -0.530. The topological polar surface area (TPSA) is 66.5 Å². The zero-order valence-electron chi connectivity index (χ0n) is 14.7. The summed E-state index contributed by atoms with van der Waals surface area (Å²) >= 11 is 0. The quantitative estimate of drug-likeness (QED) is 0.750. The molecule has 0 bridgehead atoms. The summed E-state index contributed by atoms with van der Waals surface area (Å²) in [6.07, 6.45) is 7.57. The Bertz CT molecular complexity index is 653. The van der Waals surface area contributed by atoms with Gasteiger partial charge in [-0.1, -0.05) is 37.8 Å². The third-order valence-electron chi connectivity index (χ3n) is 4.59. The van der Waals surface area contributed by atoms with Crippen molar-refractivity contribution in [2.24, 2.45) is 0 Å². The number of carbonyl (C=O) groups is 1. The van der Waals surface area contributed by atoms with E-state index in [-0.39, 0.29) is 30.7 Å². The Hall–Kier alpha value is -1.47. The number of carbonyl (C=O) groups excluding carboxylic acids is 1. The van der Waals surface area contributed by atoms with E-state index in [2.05, 4.69) is 5.32 Å². The smallest absolute Gasteiger partial charge is 0.224 e. The van der Waals surface area contributed by atoms with Crippen LogP contribution < -0.4 is 5.32 Å². The highest BCUT2D eigenvalue weighted by Gasteiger charge is 2.26. The highest BCUT2D eigenvalue weighted by Crippen LogP contribution is 2.23. The van der Waals surface area contributed by atoms with Crippen LogP contribution in [0.2, 0.25) is 0 Å². The summed E-state index contributed by atoms with van der Waals surface area (Å²) in [7, 11) is -3.30. The van der Waals surface area contributed by atoms with Gasteiger partial charge in [0.25, 0.3) is 0 Å². The molecule has 0 heterocycles. The number of halogens is 1. The lowest BCUT2D eigenvalue weighted by Gasteiger charge is -2.29. The second kappa shape index (κ2) is 9.29. The maximum absolute atomic E-state index is 12.9. The first-order valence-electron chi connectivity index (χ1n) is 8.84. The zero-order chi connectivity index (χ0) is 18.3. The van der Waals surface area contributed by atoms with Gasteiger partial charge in [-0.2, -0.15) is 4.31 Å². The molecule has 0 radical (unpaired) electrons. The molecule has 1 N–H and O–H groups in total. The number of benzene rings is 1. The lowest BCUT2D eigenvalue weighted by atomic mass is 10.1. The van der Waals surface area contributed by atoms with E-state index in [1.807, 2.05) is 0 Å². The summed E-state index contributed by atoms with van der Waals surface area (Å²) in [4.78, 5) is 12.0. The first-order chi connectivity index (χ1) is 11.9. The molecule has 0 aliphatic heterocycles. The Labute approximate surface area is 149 Å². The fourth-order valence-corrected chi connectivity index (χ4v) is 4.50. The van der Waals surface area contributed by atoms with Gasteiger partial charge in [0.15, 0.2) is 0 Å². The van der Waals surface area contributed by atoms with Crippen molar-refractivity contribution >= 4 is 15.9 Å². The fourth-order valence-electron chi connectivity index (χ4n) is 3.32. The van der Waals surface area contributed by atoms with Crippen LogP contribution in [-0.2, 0) is 21.2 Å². The third kappa shape index (κ3) is 6.74. The first-order valence-corrected chi connectivity index (χ1v) is 10.7. The van der Waals surface area contributed by atoms with Crippen LogP contribution in [0.5, 0.6) is 0 Å². The molecule has 7 heteroatoms. The van der Waals surface area contributed by atoms with E-state index in [0.717, 1.165) is 44.1 Å². The van der Waals surface area contributed by atoms with Crippen LogP contribution in [-0.4, -0.2) is 44.0 Å². The van der Waals surface area contributed by atoms with Crippen LogP contribution >= 0.6 is 0 Å². The second-order valence-corrected chi connectivity index (χ2v) is 8.61. The highest BCUT2D eigenvalue weighted by atomic mass is 32.2. The highest BCUT2D eigenvalue weighted by molar-refractivity contribution is 7.88. The molecule has 5 nitrogen and oxygen atoms in total. The molecule has 0 saturated heterocycles. The summed E-state index contributed by atoms with van der Waals surface area (Å²) in [6.45, 7) is 0.572. The average Bonchev–Trinajstić information content (AvgIpc) is 2.81. The van der Waals surface area contributed by atoms with E-state index in [4.69, 9.17) is 0 Å². The predicted octanol–water partition coefficient (Wildman–Crippen LogP) is 2.47. The lowest BCUT2D eigenvalue weighted by Crippen LogP contribution is -2.44. The summed E-state index contributed by atoms with van der Waals surface area (Å²) in [5.41, 5.74) is 0.725. The molecule has 0 atom stereocenters. The normalized spacial score (nSPS) is 16.6. The number of amides is 1. The number of rotatable bonds is 7. The molecule has 1 saturated carbocycles. The maximum atomic E-state index is 12.9. The second-order valence-electron chi connectivity index (χ2n) is 6.67. The van der Waals surface area contributed by atoms with E-state index in [1.165, 1.54) is 22.7 Å². The molecule has 1 aliphatic rings. The minimum Gasteiger partial charge on any atom is -0.354 e. The van der Waals surface area contributed by atoms with Gasteiger partial charge in [0, 0.05) is 19.1 Å². The van der Waals surface area contributed by atoms with Gasteiger partial charge < -0.3 is 5.32 Å². The largest absolute Gasteiger partial charge is 0.354 e. The Morgan fingerprint density at radius 2 is 1.76 bits per heavy atom. The van der Waals surface area contributed by atoms with Crippen molar-refractivity contribution in [2.75, 3.05) is 19.3 Å². The van der Waals surface area contributed by atoms with Crippen LogP contribution in [0.3, 0.4) is 0 Å². The molecule has 1 aromatic carbocycles.